The Balaban J connectivity index is 1.37. The van der Waals surface area contributed by atoms with Gasteiger partial charge in [-0.15, -0.1) is 0 Å². The number of piperidine rings is 1. The van der Waals surface area contributed by atoms with Crippen LogP contribution in [0.3, 0.4) is 0 Å². The molecular formula is C26H37N3O3. The molecule has 0 radical (unpaired) electrons. The number of hydrogen-bond donors (Lipinski definition) is 0. The lowest BCUT2D eigenvalue weighted by Gasteiger charge is -2.44. The van der Waals surface area contributed by atoms with Crippen molar-refractivity contribution in [1.29, 1.82) is 0 Å². The van der Waals surface area contributed by atoms with Crippen LogP contribution in [0.1, 0.15) is 24.0 Å². The molecule has 0 aromatic heterocycles. The normalized spacial score (nSPS) is 20.2. The van der Waals surface area contributed by atoms with E-state index in [2.05, 4.69) is 52.0 Å². The van der Waals surface area contributed by atoms with Crippen molar-refractivity contribution in [2.45, 2.75) is 32.4 Å². The number of para-hydroxylation sites is 2. The van der Waals surface area contributed by atoms with Gasteiger partial charge in [0.05, 0.1) is 27.0 Å². The van der Waals surface area contributed by atoms with Crippen molar-refractivity contribution in [1.82, 2.24) is 9.80 Å². The quantitative estimate of drug-likeness (QED) is 0.653. The first-order chi connectivity index (χ1) is 15.6. The molecule has 4 rings (SSSR count). The predicted molar refractivity (Wildman–Crippen MR) is 129 cm³/mol. The van der Waals surface area contributed by atoms with Gasteiger partial charge in [0.25, 0.3) is 0 Å². The first-order valence-corrected chi connectivity index (χ1v) is 11.7. The molecule has 0 spiro atoms. The van der Waals surface area contributed by atoms with Crippen LogP contribution in [-0.4, -0.2) is 76.4 Å². The van der Waals surface area contributed by atoms with E-state index in [1.165, 1.54) is 24.1 Å². The second-order valence-corrected chi connectivity index (χ2v) is 8.81. The van der Waals surface area contributed by atoms with E-state index in [1.807, 2.05) is 6.07 Å². The summed E-state index contributed by atoms with van der Waals surface area (Å²) in [6.45, 7) is 9.54. The van der Waals surface area contributed by atoms with Crippen LogP contribution >= 0.6 is 0 Å². The van der Waals surface area contributed by atoms with E-state index < -0.39 is 0 Å². The fraction of sp³-hybridized carbons (Fsp3) is 0.538. The second-order valence-electron chi connectivity index (χ2n) is 8.81. The van der Waals surface area contributed by atoms with E-state index >= 15 is 0 Å². The van der Waals surface area contributed by atoms with Gasteiger partial charge in [0.15, 0.2) is 0 Å². The Morgan fingerprint density at radius 1 is 0.844 bits per heavy atom. The maximum atomic E-state index is 5.74. The Labute approximate surface area is 192 Å². The molecule has 0 amide bonds. The molecule has 0 N–H and O–H groups in total. The standard InChI is InChI=1S/C26H37N3O3/c1-20-24(30-2)12-11-21(26(20)32-4)18-27-13-7-8-22(19-27)28-14-16-29(17-15-28)23-9-5-6-10-25(23)31-3/h5-6,9-12,22H,7-8,13-19H2,1-4H3/t22-/m0/s1. The summed E-state index contributed by atoms with van der Waals surface area (Å²) in [7, 11) is 5.22. The van der Waals surface area contributed by atoms with Gasteiger partial charge in [-0.3, -0.25) is 9.80 Å². The molecule has 6 heteroatoms. The summed E-state index contributed by atoms with van der Waals surface area (Å²) < 4.78 is 16.8. The van der Waals surface area contributed by atoms with Gasteiger partial charge in [-0.1, -0.05) is 18.2 Å². The second kappa shape index (κ2) is 10.5. The zero-order chi connectivity index (χ0) is 22.5. The van der Waals surface area contributed by atoms with Gasteiger partial charge in [-0.25, -0.2) is 0 Å². The average Bonchev–Trinajstić information content (AvgIpc) is 2.84. The molecule has 2 saturated heterocycles. The van der Waals surface area contributed by atoms with Crippen molar-refractivity contribution in [3.05, 3.63) is 47.5 Å². The molecule has 0 bridgehead atoms. The highest BCUT2D eigenvalue weighted by molar-refractivity contribution is 5.58. The zero-order valence-electron chi connectivity index (χ0n) is 20.0. The van der Waals surface area contributed by atoms with E-state index in [0.717, 1.165) is 68.6 Å². The van der Waals surface area contributed by atoms with Crippen molar-refractivity contribution < 1.29 is 14.2 Å². The lowest BCUT2D eigenvalue weighted by atomic mass is 10.0. The molecule has 2 aromatic carbocycles. The van der Waals surface area contributed by atoms with Crippen LogP contribution < -0.4 is 19.1 Å². The molecule has 32 heavy (non-hydrogen) atoms. The maximum absolute atomic E-state index is 5.74. The maximum Gasteiger partial charge on any atom is 0.142 e. The molecule has 0 saturated carbocycles. The summed E-state index contributed by atoms with van der Waals surface area (Å²) in [5, 5.41) is 0. The van der Waals surface area contributed by atoms with Crippen LogP contribution in [0.2, 0.25) is 0 Å². The van der Waals surface area contributed by atoms with Crippen LogP contribution in [0.5, 0.6) is 17.2 Å². The van der Waals surface area contributed by atoms with E-state index in [0.29, 0.717) is 6.04 Å². The molecule has 2 aliphatic heterocycles. The van der Waals surface area contributed by atoms with Gasteiger partial charge in [0.1, 0.15) is 17.2 Å². The molecule has 6 nitrogen and oxygen atoms in total. The molecule has 2 aromatic rings. The summed E-state index contributed by atoms with van der Waals surface area (Å²) in [5.41, 5.74) is 3.53. The SMILES string of the molecule is COc1ccccc1N1CCN([C@H]2CCCN(Cc3ccc(OC)c(C)c3OC)C2)CC1. The Hall–Kier alpha value is -2.44. The van der Waals surface area contributed by atoms with Crippen molar-refractivity contribution in [2.24, 2.45) is 0 Å². The largest absolute Gasteiger partial charge is 0.496 e. The van der Waals surface area contributed by atoms with E-state index in [-0.39, 0.29) is 0 Å². The molecule has 1 atom stereocenters. The predicted octanol–water partition coefficient (Wildman–Crippen LogP) is 3.81. The van der Waals surface area contributed by atoms with Crippen molar-refractivity contribution in [2.75, 3.05) is 65.5 Å². The zero-order valence-corrected chi connectivity index (χ0v) is 20.0. The number of ether oxygens (including phenoxy) is 3. The van der Waals surface area contributed by atoms with Crippen molar-refractivity contribution >= 4 is 5.69 Å². The van der Waals surface area contributed by atoms with Crippen LogP contribution in [0.4, 0.5) is 5.69 Å². The summed E-state index contributed by atoms with van der Waals surface area (Å²) in [5.74, 6) is 2.81. The first-order valence-electron chi connectivity index (χ1n) is 11.7. The minimum atomic E-state index is 0.619. The molecule has 2 aliphatic rings. The number of nitrogens with zero attached hydrogens (tertiary/aromatic N) is 3. The van der Waals surface area contributed by atoms with Crippen LogP contribution in [0.25, 0.3) is 0 Å². The molecule has 0 unspecified atom stereocenters. The van der Waals surface area contributed by atoms with Gasteiger partial charge in [0.2, 0.25) is 0 Å². The molecule has 2 heterocycles. The summed E-state index contributed by atoms with van der Waals surface area (Å²) in [6.07, 6.45) is 2.53. The lowest BCUT2D eigenvalue weighted by Crippen LogP contribution is -2.55. The smallest absolute Gasteiger partial charge is 0.142 e. The number of anilines is 1. The highest BCUT2D eigenvalue weighted by atomic mass is 16.5. The summed E-state index contributed by atoms with van der Waals surface area (Å²) >= 11 is 0. The number of hydrogen-bond acceptors (Lipinski definition) is 6. The average molecular weight is 440 g/mol. The Kier molecular flexibility index (Phi) is 7.43. The molecule has 2 fully saturated rings. The van der Waals surface area contributed by atoms with E-state index in [9.17, 15) is 0 Å². The van der Waals surface area contributed by atoms with Crippen LogP contribution in [-0.2, 0) is 6.54 Å². The number of rotatable bonds is 7. The summed E-state index contributed by atoms with van der Waals surface area (Å²) in [6, 6.07) is 13.2. The van der Waals surface area contributed by atoms with Gasteiger partial charge < -0.3 is 19.1 Å². The van der Waals surface area contributed by atoms with Gasteiger partial charge in [0, 0.05) is 56.4 Å². The fourth-order valence-corrected chi connectivity index (χ4v) is 5.29. The van der Waals surface area contributed by atoms with Crippen LogP contribution in [0, 0.1) is 6.92 Å². The highest BCUT2D eigenvalue weighted by Gasteiger charge is 2.29. The van der Waals surface area contributed by atoms with Gasteiger partial charge >= 0.3 is 0 Å². The van der Waals surface area contributed by atoms with Crippen molar-refractivity contribution in [3.63, 3.8) is 0 Å². The Bertz CT molecular complexity index is 896. The highest BCUT2D eigenvalue weighted by Crippen LogP contribution is 2.33. The Morgan fingerprint density at radius 3 is 2.31 bits per heavy atom. The van der Waals surface area contributed by atoms with Gasteiger partial charge in [-0.2, -0.15) is 0 Å². The first kappa shape index (κ1) is 22.7. The van der Waals surface area contributed by atoms with Gasteiger partial charge in [-0.05, 0) is 44.5 Å². The number of piperazine rings is 1. The third-order valence-electron chi connectivity index (χ3n) is 6.99. The van der Waals surface area contributed by atoms with E-state index in [4.69, 9.17) is 14.2 Å². The minimum absolute atomic E-state index is 0.619. The van der Waals surface area contributed by atoms with Crippen molar-refractivity contribution in [3.8, 4) is 17.2 Å². The molecule has 174 valence electrons. The van der Waals surface area contributed by atoms with E-state index in [1.54, 1.807) is 21.3 Å². The minimum Gasteiger partial charge on any atom is -0.496 e. The van der Waals surface area contributed by atoms with Crippen LogP contribution in [0.15, 0.2) is 36.4 Å². The Morgan fingerprint density at radius 2 is 1.59 bits per heavy atom. The third kappa shape index (κ3) is 4.81. The topological polar surface area (TPSA) is 37.4 Å². The number of methoxy groups -OCH3 is 3. The fourth-order valence-electron chi connectivity index (χ4n) is 5.29. The molecular weight excluding hydrogens is 402 g/mol. The lowest BCUT2D eigenvalue weighted by molar-refractivity contribution is 0.0882. The monoisotopic (exact) mass is 439 g/mol. The third-order valence-corrected chi connectivity index (χ3v) is 6.99. The molecule has 0 aliphatic carbocycles. The number of likely N-dealkylation sites (tertiary alicyclic amines) is 1. The summed E-state index contributed by atoms with van der Waals surface area (Å²) in [4.78, 5) is 7.74. The number of benzene rings is 2.